The minimum atomic E-state index is -0.352. The average molecular weight is 262 g/mol. The second-order valence-electron chi connectivity index (χ2n) is 5.29. The Hall–Kier alpha value is -1.28. The highest BCUT2D eigenvalue weighted by Gasteiger charge is 2.49. The fourth-order valence-corrected chi connectivity index (χ4v) is 3.52. The van der Waals surface area contributed by atoms with Gasteiger partial charge < -0.3 is 4.90 Å². The van der Waals surface area contributed by atoms with E-state index in [2.05, 4.69) is 6.58 Å². The molecule has 94 valence electrons. The molecule has 1 heterocycles. The van der Waals surface area contributed by atoms with Crippen LogP contribution in [0.3, 0.4) is 0 Å². The molecule has 18 heavy (non-hydrogen) atoms. The summed E-state index contributed by atoms with van der Waals surface area (Å²) in [6.45, 7) is 4.21. The summed E-state index contributed by atoms with van der Waals surface area (Å²) in [7, 11) is 1.84. The summed E-state index contributed by atoms with van der Waals surface area (Å²) in [6, 6.07) is 5.71. The predicted molar refractivity (Wildman–Crippen MR) is 74.8 cm³/mol. The molecule has 0 radical (unpaired) electrons. The van der Waals surface area contributed by atoms with Crippen LogP contribution in [0.25, 0.3) is 5.57 Å². The van der Waals surface area contributed by atoms with Crippen LogP contribution in [-0.2, 0) is 4.79 Å². The Balaban J connectivity index is 2.20. The Morgan fingerprint density at radius 2 is 2.00 bits per heavy atom. The lowest BCUT2D eigenvalue weighted by atomic mass is 9.72. The number of hydrogen-bond donors (Lipinski definition) is 0. The van der Waals surface area contributed by atoms with E-state index in [0.29, 0.717) is 5.02 Å². The first-order valence-corrected chi connectivity index (χ1v) is 6.71. The third-order valence-electron chi connectivity index (χ3n) is 4.40. The zero-order valence-corrected chi connectivity index (χ0v) is 11.3. The highest BCUT2D eigenvalue weighted by Crippen LogP contribution is 2.54. The number of hydrogen-bond acceptors (Lipinski definition) is 1. The molecule has 2 aliphatic rings. The molecule has 1 fully saturated rings. The number of amides is 1. The predicted octanol–water partition coefficient (Wildman–Crippen LogP) is 3.89. The van der Waals surface area contributed by atoms with E-state index < -0.39 is 0 Å². The first-order chi connectivity index (χ1) is 8.56. The molecule has 1 aliphatic heterocycles. The molecule has 3 rings (SSSR count). The lowest BCUT2D eigenvalue weighted by Crippen LogP contribution is -2.45. The van der Waals surface area contributed by atoms with Crippen molar-refractivity contribution in [3.63, 3.8) is 0 Å². The molecule has 1 spiro atoms. The number of rotatable bonds is 0. The highest BCUT2D eigenvalue weighted by molar-refractivity contribution is 6.31. The summed E-state index contributed by atoms with van der Waals surface area (Å²) in [6.07, 6.45) is 4.08. The standard InChI is InChI=1S/C15H16ClNO/c1-10-12-6-5-11(16)9-13(12)17(2)14(18)15(10)7-3-4-8-15/h5-6,9H,1,3-4,7-8H2,2H3. The van der Waals surface area contributed by atoms with Gasteiger partial charge in [-0.2, -0.15) is 0 Å². The van der Waals surface area contributed by atoms with Crippen LogP contribution in [0.1, 0.15) is 31.2 Å². The molecule has 1 aromatic rings. The largest absolute Gasteiger partial charge is 0.314 e. The van der Waals surface area contributed by atoms with Gasteiger partial charge in [-0.05, 0) is 30.5 Å². The Bertz CT molecular complexity index is 543. The van der Waals surface area contributed by atoms with Gasteiger partial charge in [-0.25, -0.2) is 0 Å². The lowest BCUT2D eigenvalue weighted by molar-refractivity contribution is -0.125. The maximum atomic E-state index is 12.7. The molecule has 1 amide bonds. The van der Waals surface area contributed by atoms with Gasteiger partial charge in [0.25, 0.3) is 0 Å². The first-order valence-electron chi connectivity index (χ1n) is 6.34. The molecule has 0 bridgehead atoms. The van der Waals surface area contributed by atoms with E-state index >= 15 is 0 Å². The van der Waals surface area contributed by atoms with Crippen molar-refractivity contribution in [1.29, 1.82) is 0 Å². The van der Waals surface area contributed by atoms with Gasteiger partial charge in [-0.1, -0.05) is 37.1 Å². The molecule has 0 unspecified atom stereocenters. The first kappa shape index (κ1) is 11.8. The van der Waals surface area contributed by atoms with E-state index in [1.54, 1.807) is 4.90 Å². The van der Waals surface area contributed by atoms with Crippen LogP contribution in [-0.4, -0.2) is 13.0 Å². The van der Waals surface area contributed by atoms with Crippen LogP contribution < -0.4 is 4.90 Å². The van der Waals surface area contributed by atoms with Crippen molar-refractivity contribution in [2.45, 2.75) is 25.7 Å². The normalized spacial score (nSPS) is 21.6. The lowest BCUT2D eigenvalue weighted by Gasteiger charge is -2.40. The molecule has 1 saturated carbocycles. The zero-order valence-electron chi connectivity index (χ0n) is 10.5. The third-order valence-corrected chi connectivity index (χ3v) is 4.63. The third kappa shape index (κ3) is 1.39. The number of halogens is 1. The summed E-state index contributed by atoms with van der Waals surface area (Å²) >= 11 is 6.02. The maximum Gasteiger partial charge on any atom is 0.237 e. The molecule has 1 aromatic carbocycles. The molecular weight excluding hydrogens is 246 g/mol. The number of carbonyl (C=O) groups excluding carboxylic acids is 1. The SMILES string of the molecule is C=C1c2ccc(Cl)cc2N(C)C(=O)C12CCCC2. The molecule has 0 saturated heterocycles. The van der Waals surface area contributed by atoms with Crippen molar-refractivity contribution < 1.29 is 4.79 Å². The van der Waals surface area contributed by atoms with Crippen LogP contribution in [0, 0.1) is 5.41 Å². The topological polar surface area (TPSA) is 20.3 Å². The molecular formula is C15H16ClNO. The summed E-state index contributed by atoms with van der Waals surface area (Å²) in [5.74, 6) is 0.180. The fraction of sp³-hybridized carbons (Fsp3) is 0.400. The summed E-state index contributed by atoms with van der Waals surface area (Å²) in [5, 5.41) is 0.656. The number of benzene rings is 1. The summed E-state index contributed by atoms with van der Waals surface area (Å²) < 4.78 is 0. The van der Waals surface area contributed by atoms with Gasteiger partial charge in [0, 0.05) is 17.6 Å². The quantitative estimate of drug-likeness (QED) is 0.694. The van der Waals surface area contributed by atoms with Gasteiger partial charge in [-0.3, -0.25) is 4.79 Å². The van der Waals surface area contributed by atoms with Gasteiger partial charge in [-0.15, -0.1) is 0 Å². The molecule has 0 N–H and O–H groups in total. The van der Waals surface area contributed by atoms with Crippen LogP contribution >= 0.6 is 11.6 Å². The molecule has 1 aliphatic carbocycles. The zero-order chi connectivity index (χ0) is 12.9. The van der Waals surface area contributed by atoms with E-state index in [4.69, 9.17) is 11.6 Å². The maximum absolute atomic E-state index is 12.7. The molecule has 3 heteroatoms. The van der Waals surface area contributed by atoms with Gasteiger partial charge >= 0.3 is 0 Å². The highest BCUT2D eigenvalue weighted by atomic mass is 35.5. The van der Waals surface area contributed by atoms with Gasteiger partial charge in [0.05, 0.1) is 11.1 Å². The number of nitrogens with zero attached hydrogens (tertiary/aromatic N) is 1. The minimum absolute atomic E-state index is 0.180. The van der Waals surface area contributed by atoms with Gasteiger partial charge in [0.15, 0.2) is 0 Å². The smallest absolute Gasteiger partial charge is 0.237 e. The molecule has 0 aromatic heterocycles. The van der Waals surface area contributed by atoms with Crippen molar-refractivity contribution in [2.24, 2.45) is 5.41 Å². The van der Waals surface area contributed by atoms with Crippen molar-refractivity contribution in [2.75, 3.05) is 11.9 Å². The van der Waals surface area contributed by atoms with E-state index in [0.717, 1.165) is 42.5 Å². The Kier molecular flexibility index (Phi) is 2.53. The monoisotopic (exact) mass is 261 g/mol. The Labute approximate surface area is 112 Å². The summed E-state index contributed by atoms with van der Waals surface area (Å²) in [4.78, 5) is 14.4. The van der Waals surface area contributed by atoms with Crippen LogP contribution in [0.5, 0.6) is 0 Å². The second-order valence-corrected chi connectivity index (χ2v) is 5.73. The number of carbonyl (C=O) groups is 1. The van der Waals surface area contributed by atoms with Crippen LogP contribution in [0.2, 0.25) is 5.02 Å². The van der Waals surface area contributed by atoms with Crippen molar-refractivity contribution in [3.05, 3.63) is 35.4 Å². The Morgan fingerprint density at radius 3 is 2.67 bits per heavy atom. The van der Waals surface area contributed by atoms with Crippen molar-refractivity contribution in [3.8, 4) is 0 Å². The van der Waals surface area contributed by atoms with Crippen molar-refractivity contribution >= 4 is 28.8 Å². The summed E-state index contributed by atoms with van der Waals surface area (Å²) in [5.41, 5.74) is 2.59. The van der Waals surface area contributed by atoms with E-state index in [1.165, 1.54) is 0 Å². The molecule has 0 atom stereocenters. The Morgan fingerprint density at radius 1 is 1.33 bits per heavy atom. The van der Waals surface area contributed by atoms with E-state index in [-0.39, 0.29) is 11.3 Å². The van der Waals surface area contributed by atoms with Gasteiger partial charge in [0.2, 0.25) is 5.91 Å². The number of anilines is 1. The second kappa shape index (κ2) is 3.86. The van der Waals surface area contributed by atoms with Crippen LogP contribution in [0.15, 0.2) is 24.8 Å². The minimum Gasteiger partial charge on any atom is -0.314 e. The van der Waals surface area contributed by atoms with E-state index in [9.17, 15) is 4.79 Å². The molecule has 2 nitrogen and oxygen atoms in total. The van der Waals surface area contributed by atoms with Gasteiger partial charge in [0.1, 0.15) is 0 Å². The van der Waals surface area contributed by atoms with E-state index in [1.807, 2.05) is 25.2 Å². The van der Waals surface area contributed by atoms with Crippen LogP contribution in [0.4, 0.5) is 5.69 Å². The van der Waals surface area contributed by atoms with Crippen molar-refractivity contribution in [1.82, 2.24) is 0 Å². The fourth-order valence-electron chi connectivity index (χ4n) is 3.35. The number of fused-ring (bicyclic) bond motifs is 1. The average Bonchev–Trinajstić information content (AvgIpc) is 2.85.